The third kappa shape index (κ3) is 3.92. The Kier molecular flexibility index (Phi) is 4.51. The lowest BCUT2D eigenvalue weighted by atomic mass is 10.1. The number of hydrogen-bond acceptors (Lipinski definition) is 2. The van der Waals surface area contributed by atoms with Crippen LogP contribution in [-0.2, 0) is 10.0 Å². The summed E-state index contributed by atoms with van der Waals surface area (Å²) in [5, 5.41) is 0. The quantitative estimate of drug-likeness (QED) is 0.897. The predicted molar refractivity (Wildman–Crippen MR) is 83.5 cm³/mol. The van der Waals surface area contributed by atoms with Gasteiger partial charge >= 0.3 is 6.18 Å². The second kappa shape index (κ2) is 6.08. The molecule has 0 unspecified atom stereocenters. The van der Waals surface area contributed by atoms with E-state index in [1.807, 2.05) is 0 Å². The van der Waals surface area contributed by atoms with E-state index in [-0.39, 0.29) is 16.1 Å². The number of benzene rings is 2. The highest BCUT2D eigenvalue weighted by Gasteiger charge is 2.34. The van der Waals surface area contributed by atoms with E-state index in [2.05, 4.69) is 11.3 Å². The highest BCUT2D eigenvalue weighted by atomic mass is 32.2. The molecule has 0 spiro atoms. The molecule has 0 bridgehead atoms. The van der Waals surface area contributed by atoms with Gasteiger partial charge in [-0.2, -0.15) is 13.2 Å². The van der Waals surface area contributed by atoms with Crippen molar-refractivity contribution < 1.29 is 21.6 Å². The summed E-state index contributed by atoms with van der Waals surface area (Å²) in [7, 11) is -3.99. The van der Waals surface area contributed by atoms with Gasteiger partial charge in [0.25, 0.3) is 10.0 Å². The van der Waals surface area contributed by atoms with Gasteiger partial charge in [0.15, 0.2) is 0 Å². The van der Waals surface area contributed by atoms with Crippen LogP contribution in [-0.4, -0.2) is 14.6 Å². The lowest BCUT2D eigenvalue weighted by Crippen LogP contribution is -2.16. The fraction of sp³-hybridized carbons (Fsp3) is 0.125. The van der Waals surface area contributed by atoms with Crippen LogP contribution in [0.2, 0.25) is 0 Å². The van der Waals surface area contributed by atoms with Crippen LogP contribution in [0, 0.1) is 6.92 Å². The molecule has 0 atom stereocenters. The van der Waals surface area contributed by atoms with Crippen LogP contribution in [0.5, 0.6) is 0 Å². The van der Waals surface area contributed by atoms with Crippen LogP contribution in [0.3, 0.4) is 0 Å². The molecular weight excluding hydrogens is 327 g/mol. The van der Waals surface area contributed by atoms with Crippen LogP contribution >= 0.6 is 0 Å². The monoisotopic (exact) mass is 341 g/mol. The van der Waals surface area contributed by atoms with Gasteiger partial charge in [0.1, 0.15) is 0 Å². The summed E-state index contributed by atoms with van der Waals surface area (Å²) in [6, 6.07) is 11.2. The number of halogens is 3. The van der Waals surface area contributed by atoms with Crippen molar-refractivity contribution in [2.24, 2.45) is 0 Å². The number of hydrogen-bond donors (Lipinski definition) is 1. The molecule has 0 aliphatic carbocycles. The molecule has 0 saturated carbocycles. The summed E-state index contributed by atoms with van der Waals surface area (Å²) in [5.74, 6) is 0. The second-order valence-electron chi connectivity index (χ2n) is 4.94. The van der Waals surface area contributed by atoms with Gasteiger partial charge in [-0.3, -0.25) is 4.72 Å². The van der Waals surface area contributed by atoms with Crippen molar-refractivity contribution in [3.05, 3.63) is 66.2 Å². The van der Waals surface area contributed by atoms with Crippen molar-refractivity contribution in [1.29, 1.82) is 0 Å². The molecule has 0 aromatic heterocycles. The molecule has 2 aromatic rings. The maximum Gasteiger partial charge on any atom is 0.416 e. The van der Waals surface area contributed by atoms with Crippen LogP contribution in [0.15, 0.2) is 60.0 Å². The molecule has 7 heteroatoms. The van der Waals surface area contributed by atoms with Crippen LogP contribution in [0.4, 0.5) is 18.9 Å². The number of rotatable bonds is 4. The Balaban J connectivity index is 2.41. The third-order valence-electron chi connectivity index (χ3n) is 3.17. The van der Waals surface area contributed by atoms with Gasteiger partial charge in [-0.1, -0.05) is 42.5 Å². The molecule has 0 heterocycles. The number of aryl methyl sites for hydroxylation is 1. The average molecular weight is 341 g/mol. The number of nitrogens with one attached hydrogen (secondary N) is 1. The van der Waals surface area contributed by atoms with Crippen molar-refractivity contribution in [2.75, 3.05) is 4.72 Å². The molecule has 23 heavy (non-hydrogen) atoms. The molecule has 3 nitrogen and oxygen atoms in total. The maximum absolute atomic E-state index is 12.8. The average Bonchev–Trinajstić information content (AvgIpc) is 2.46. The van der Waals surface area contributed by atoms with E-state index in [0.717, 1.165) is 5.56 Å². The van der Waals surface area contributed by atoms with Crippen LogP contribution in [0.25, 0.3) is 5.57 Å². The standard InChI is InChI=1S/C16H14F3NO2S/c1-11-7-9-13(10-8-11)23(21,22)20-15-6-4-3-5-14(15)12(2)16(17,18)19/h3-10,20H,2H2,1H3. The van der Waals surface area contributed by atoms with E-state index < -0.39 is 21.8 Å². The maximum atomic E-state index is 12.8. The number of sulfonamides is 1. The fourth-order valence-electron chi connectivity index (χ4n) is 1.91. The third-order valence-corrected chi connectivity index (χ3v) is 4.55. The number of alkyl halides is 3. The fourth-order valence-corrected chi connectivity index (χ4v) is 2.99. The molecule has 0 fully saturated rings. The summed E-state index contributed by atoms with van der Waals surface area (Å²) < 4.78 is 65.3. The van der Waals surface area contributed by atoms with Crippen molar-refractivity contribution in [3.63, 3.8) is 0 Å². The molecule has 1 N–H and O–H groups in total. The number of anilines is 1. The summed E-state index contributed by atoms with van der Waals surface area (Å²) >= 11 is 0. The Morgan fingerprint density at radius 3 is 2.17 bits per heavy atom. The lowest BCUT2D eigenvalue weighted by molar-refractivity contribution is -0.0686. The van der Waals surface area contributed by atoms with E-state index in [4.69, 9.17) is 0 Å². The highest BCUT2D eigenvalue weighted by Crippen LogP contribution is 2.36. The Hall–Kier alpha value is -2.28. The first-order valence-electron chi connectivity index (χ1n) is 6.56. The van der Waals surface area contributed by atoms with E-state index in [1.54, 1.807) is 19.1 Å². The van der Waals surface area contributed by atoms with E-state index in [1.165, 1.54) is 36.4 Å². The Labute approximate surface area is 132 Å². The minimum absolute atomic E-state index is 0.0319. The molecule has 0 aliphatic rings. The number of para-hydroxylation sites is 1. The molecule has 0 saturated heterocycles. The molecule has 122 valence electrons. The van der Waals surface area contributed by atoms with Crippen molar-refractivity contribution in [3.8, 4) is 0 Å². The predicted octanol–water partition coefficient (Wildman–Crippen LogP) is 4.37. The molecule has 2 rings (SSSR count). The van der Waals surface area contributed by atoms with Crippen molar-refractivity contribution >= 4 is 21.3 Å². The first-order valence-corrected chi connectivity index (χ1v) is 8.04. The largest absolute Gasteiger partial charge is 0.416 e. The van der Waals surface area contributed by atoms with Gasteiger partial charge in [-0.15, -0.1) is 0 Å². The van der Waals surface area contributed by atoms with Gasteiger partial charge in [0.05, 0.1) is 16.2 Å². The zero-order chi connectivity index (χ0) is 17.3. The van der Waals surface area contributed by atoms with Crippen molar-refractivity contribution in [2.45, 2.75) is 18.0 Å². The Bertz CT molecular complexity index is 825. The van der Waals surface area contributed by atoms with Gasteiger partial charge in [-0.25, -0.2) is 8.42 Å². The van der Waals surface area contributed by atoms with Crippen LogP contribution in [0.1, 0.15) is 11.1 Å². The Morgan fingerprint density at radius 2 is 1.61 bits per heavy atom. The van der Waals surface area contributed by atoms with E-state index >= 15 is 0 Å². The van der Waals surface area contributed by atoms with Crippen molar-refractivity contribution in [1.82, 2.24) is 0 Å². The molecular formula is C16H14F3NO2S. The Morgan fingerprint density at radius 1 is 1.04 bits per heavy atom. The van der Waals surface area contributed by atoms with Crippen LogP contribution < -0.4 is 4.72 Å². The normalized spacial score (nSPS) is 12.0. The smallest absolute Gasteiger partial charge is 0.279 e. The zero-order valence-electron chi connectivity index (χ0n) is 12.2. The van der Waals surface area contributed by atoms with Gasteiger partial charge in [0, 0.05) is 5.56 Å². The van der Waals surface area contributed by atoms with E-state index in [0.29, 0.717) is 0 Å². The summed E-state index contributed by atoms with van der Waals surface area (Å²) in [6.07, 6.45) is -4.65. The summed E-state index contributed by atoms with van der Waals surface area (Å²) in [5.41, 5.74) is -0.722. The van der Waals surface area contributed by atoms with Gasteiger partial charge in [-0.05, 0) is 25.1 Å². The van der Waals surface area contributed by atoms with Gasteiger partial charge < -0.3 is 0 Å². The summed E-state index contributed by atoms with van der Waals surface area (Å²) in [4.78, 5) is -0.0319. The zero-order valence-corrected chi connectivity index (χ0v) is 13.0. The summed E-state index contributed by atoms with van der Waals surface area (Å²) in [6.45, 7) is 4.81. The minimum Gasteiger partial charge on any atom is -0.279 e. The topological polar surface area (TPSA) is 46.2 Å². The first-order chi connectivity index (χ1) is 10.6. The molecule has 0 radical (unpaired) electrons. The number of allylic oxidation sites excluding steroid dienone is 1. The molecule has 0 amide bonds. The van der Waals surface area contributed by atoms with E-state index in [9.17, 15) is 21.6 Å². The SMILES string of the molecule is C=C(c1ccccc1NS(=O)(=O)c1ccc(C)cc1)C(F)(F)F. The molecule has 0 aliphatic heterocycles. The first kappa shape index (κ1) is 17.1. The molecule has 2 aromatic carbocycles. The second-order valence-corrected chi connectivity index (χ2v) is 6.62. The van der Waals surface area contributed by atoms with Gasteiger partial charge in [0.2, 0.25) is 0 Å². The highest BCUT2D eigenvalue weighted by molar-refractivity contribution is 7.92. The lowest BCUT2D eigenvalue weighted by Gasteiger charge is -2.16. The minimum atomic E-state index is -4.65.